The lowest BCUT2D eigenvalue weighted by Gasteiger charge is -2.19. The fourth-order valence-corrected chi connectivity index (χ4v) is 3.13. The van der Waals surface area contributed by atoms with E-state index in [1.54, 1.807) is 0 Å². The van der Waals surface area contributed by atoms with Gasteiger partial charge in [0.2, 0.25) is 0 Å². The first-order valence-electron chi connectivity index (χ1n) is 6.43. The quantitative estimate of drug-likeness (QED) is 0.616. The molecule has 19 heavy (non-hydrogen) atoms. The minimum Gasteiger partial charge on any atom is -0.121 e. The van der Waals surface area contributed by atoms with Crippen molar-refractivity contribution in [2.75, 3.05) is 0 Å². The largest absolute Gasteiger partial charge is 0.121 e. The average Bonchev–Trinajstić information content (AvgIpc) is 2.36. The lowest BCUT2D eigenvalue weighted by atomic mass is 9.87. The van der Waals surface area contributed by atoms with E-state index in [1.807, 2.05) is 11.8 Å². The smallest absolute Gasteiger partial charge is 0.0232 e. The molecule has 0 saturated carbocycles. The van der Waals surface area contributed by atoms with Gasteiger partial charge in [0, 0.05) is 15.1 Å². The maximum Gasteiger partial charge on any atom is 0.0232 e. The van der Waals surface area contributed by atoms with Crippen LogP contribution < -0.4 is 0 Å². The molecule has 0 spiro atoms. The molecule has 0 nitrogen and oxygen atoms in total. The molecule has 0 fully saturated rings. The van der Waals surface area contributed by atoms with Gasteiger partial charge in [0.1, 0.15) is 0 Å². The van der Waals surface area contributed by atoms with Gasteiger partial charge in [-0.3, -0.25) is 0 Å². The number of hydrogen-bond donors (Lipinski definition) is 0. The Morgan fingerprint density at radius 1 is 1.00 bits per heavy atom. The minimum atomic E-state index is 0.230. The van der Waals surface area contributed by atoms with Crippen LogP contribution in [0.4, 0.5) is 0 Å². The van der Waals surface area contributed by atoms with Gasteiger partial charge in [-0.25, -0.2) is 0 Å². The van der Waals surface area contributed by atoms with Crippen LogP contribution in [0.1, 0.15) is 31.9 Å². The second-order valence-corrected chi connectivity index (χ2v) is 7.66. The Balaban J connectivity index is 2.01. The summed E-state index contributed by atoms with van der Waals surface area (Å²) in [5.41, 5.74) is 2.96. The highest BCUT2D eigenvalue weighted by atomic mass is 79.9. The van der Waals surface area contributed by atoms with E-state index in [0.717, 1.165) is 10.2 Å². The van der Waals surface area contributed by atoms with E-state index in [4.69, 9.17) is 0 Å². The summed E-state index contributed by atoms with van der Waals surface area (Å²) < 4.78 is 1.15. The Morgan fingerprint density at radius 2 is 1.68 bits per heavy atom. The van der Waals surface area contributed by atoms with E-state index < -0.39 is 0 Å². The van der Waals surface area contributed by atoms with E-state index in [2.05, 4.69) is 85.2 Å². The Hall–Kier alpha value is -0.730. The van der Waals surface area contributed by atoms with Crippen molar-refractivity contribution in [1.29, 1.82) is 0 Å². The maximum atomic E-state index is 3.51. The van der Waals surface area contributed by atoms with Crippen LogP contribution in [0, 0.1) is 0 Å². The van der Waals surface area contributed by atoms with Crippen LogP contribution in [-0.2, 0) is 11.2 Å². The second kappa shape index (κ2) is 6.15. The van der Waals surface area contributed by atoms with Crippen LogP contribution in [-0.4, -0.2) is 0 Å². The summed E-state index contributed by atoms with van der Waals surface area (Å²) in [4.78, 5) is 1.33. The molecule has 0 aliphatic heterocycles. The molecule has 0 amide bonds. The molecule has 2 heteroatoms. The molecule has 100 valence electrons. The molecule has 0 aliphatic carbocycles. The van der Waals surface area contributed by atoms with Crippen LogP contribution in [0.5, 0.6) is 0 Å². The summed E-state index contributed by atoms with van der Waals surface area (Å²) in [6, 6.07) is 17.4. The molecule has 0 unspecified atom stereocenters. The van der Waals surface area contributed by atoms with Gasteiger partial charge in [-0.05, 0) is 40.8 Å². The van der Waals surface area contributed by atoms with E-state index >= 15 is 0 Å². The third-order valence-electron chi connectivity index (χ3n) is 3.01. The fraction of sp³-hybridized carbons (Fsp3) is 0.294. The van der Waals surface area contributed by atoms with Gasteiger partial charge in [0.15, 0.2) is 0 Å². The Morgan fingerprint density at radius 3 is 2.26 bits per heavy atom. The zero-order chi connectivity index (χ0) is 13.9. The molecular formula is C17H19BrS. The van der Waals surface area contributed by atoms with Crippen molar-refractivity contribution in [2.24, 2.45) is 0 Å². The maximum absolute atomic E-state index is 3.51. The summed E-state index contributed by atoms with van der Waals surface area (Å²) >= 11 is 5.39. The normalized spacial score (nSPS) is 11.6. The molecule has 0 N–H and O–H groups in total. The van der Waals surface area contributed by atoms with E-state index in [9.17, 15) is 0 Å². The van der Waals surface area contributed by atoms with Crippen LogP contribution in [0.25, 0.3) is 0 Å². The summed E-state index contributed by atoms with van der Waals surface area (Å²) in [6.45, 7) is 6.74. The molecule has 0 atom stereocenters. The number of halogens is 1. The highest BCUT2D eigenvalue weighted by Crippen LogP contribution is 2.28. The van der Waals surface area contributed by atoms with Crippen LogP contribution in [0.2, 0.25) is 0 Å². The van der Waals surface area contributed by atoms with Gasteiger partial charge in [-0.2, -0.15) is 0 Å². The molecule has 2 aromatic rings. The van der Waals surface area contributed by atoms with Crippen molar-refractivity contribution in [2.45, 2.75) is 36.8 Å². The van der Waals surface area contributed by atoms with Gasteiger partial charge in [0.25, 0.3) is 0 Å². The summed E-state index contributed by atoms with van der Waals surface area (Å²) in [5.74, 6) is 1.01. The van der Waals surface area contributed by atoms with E-state index in [-0.39, 0.29) is 5.41 Å². The number of hydrogen-bond acceptors (Lipinski definition) is 1. The Kier molecular flexibility index (Phi) is 4.75. The minimum absolute atomic E-state index is 0.230. The monoisotopic (exact) mass is 334 g/mol. The third-order valence-corrected chi connectivity index (χ3v) is 4.59. The zero-order valence-corrected chi connectivity index (χ0v) is 14.0. The van der Waals surface area contributed by atoms with Gasteiger partial charge in [0.05, 0.1) is 0 Å². The van der Waals surface area contributed by atoms with Crippen molar-refractivity contribution in [3.63, 3.8) is 0 Å². The molecule has 0 aliphatic rings. The molecule has 0 saturated heterocycles. The Labute approximate surface area is 128 Å². The standard InChI is InChI=1S/C17H19BrS/c1-17(2,3)14-7-9-16(10-8-14)19-12-13-5-4-6-15(18)11-13/h4-11H,12H2,1-3H3. The summed E-state index contributed by atoms with van der Waals surface area (Å²) in [5, 5.41) is 0. The van der Waals surface area contributed by atoms with E-state index in [0.29, 0.717) is 0 Å². The summed E-state index contributed by atoms with van der Waals surface area (Å²) in [7, 11) is 0. The summed E-state index contributed by atoms with van der Waals surface area (Å²) in [6.07, 6.45) is 0. The lowest BCUT2D eigenvalue weighted by molar-refractivity contribution is 0.590. The van der Waals surface area contributed by atoms with Crippen molar-refractivity contribution in [3.05, 3.63) is 64.1 Å². The van der Waals surface area contributed by atoms with E-state index in [1.165, 1.54) is 16.0 Å². The molecule has 2 aromatic carbocycles. The second-order valence-electron chi connectivity index (χ2n) is 5.69. The Bertz CT molecular complexity index is 538. The van der Waals surface area contributed by atoms with Crippen molar-refractivity contribution in [1.82, 2.24) is 0 Å². The number of benzene rings is 2. The predicted octanol–water partition coefficient (Wildman–Crippen LogP) is 6.04. The number of rotatable bonds is 3. The highest BCUT2D eigenvalue weighted by Gasteiger charge is 2.12. The van der Waals surface area contributed by atoms with Crippen LogP contribution >= 0.6 is 27.7 Å². The average molecular weight is 335 g/mol. The predicted molar refractivity (Wildman–Crippen MR) is 88.8 cm³/mol. The zero-order valence-electron chi connectivity index (χ0n) is 11.6. The van der Waals surface area contributed by atoms with Gasteiger partial charge < -0.3 is 0 Å². The van der Waals surface area contributed by atoms with Crippen LogP contribution in [0.15, 0.2) is 57.9 Å². The molecule has 0 bridgehead atoms. The molecule has 0 aromatic heterocycles. The first-order chi connectivity index (χ1) is 8.95. The SMILES string of the molecule is CC(C)(C)c1ccc(SCc2cccc(Br)c2)cc1. The lowest BCUT2D eigenvalue weighted by Crippen LogP contribution is -2.10. The fourth-order valence-electron chi connectivity index (χ4n) is 1.84. The van der Waals surface area contributed by atoms with Crippen molar-refractivity contribution in [3.8, 4) is 0 Å². The number of thioether (sulfide) groups is 1. The topological polar surface area (TPSA) is 0 Å². The van der Waals surface area contributed by atoms with Crippen molar-refractivity contribution < 1.29 is 0 Å². The third kappa shape index (κ3) is 4.39. The first-order valence-corrected chi connectivity index (χ1v) is 8.21. The molecule has 0 radical (unpaired) electrons. The highest BCUT2D eigenvalue weighted by molar-refractivity contribution is 9.10. The van der Waals surface area contributed by atoms with Gasteiger partial charge in [-0.1, -0.05) is 61.0 Å². The van der Waals surface area contributed by atoms with Gasteiger partial charge >= 0.3 is 0 Å². The molecular weight excluding hydrogens is 316 g/mol. The first kappa shape index (κ1) is 14.7. The van der Waals surface area contributed by atoms with Gasteiger partial charge in [-0.15, -0.1) is 11.8 Å². The molecule has 2 rings (SSSR count). The molecule has 0 heterocycles. The van der Waals surface area contributed by atoms with Crippen molar-refractivity contribution >= 4 is 27.7 Å². The van der Waals surface area contributed by atoms with Crippen LogP contribution in [0.3, 0.4) is 0 Å².